The van der Waals surface area contributed by atoms with Crippen molar-refractivity contribution >= 4 is 11.6 Å². The van der Waals surface area contributed by atoms with Gasteiger partial charge in [0.2, 0.25) is 0 Å². The van der Waals surface area contributed by atoms with Gasteiger partial charge in [-0.25, -0.2) is 0 Å². The van der Waals surface area contributed by atoms with Gasteiger partial charge in [0.15, 0.2) is 0 Å². The highest BCUT2D eigenvalue weighted by Gasteiger charge is 2.32. The van der Waals surface area contributed by atoms with E-state index in [0.717, 1.165) is 6.07 Å². The summed E-state index contributed by atoms with van der Waals surface area (Å²) in [5.74, 6) is -0.647. The van der Waals surface area contributed by atoms with E-state index in [1.165, 1.54) is 12.1 Å². The Morgan fingerprint density at radius 3 is 2.53 bits per heavy atom. The number of hydrogen-bond acceptors (Lipinski definition) is 2. The van der Waals surface area contributed by atoms with Gasteiger partial charge >= 0.3 is 6.36 Å². The van der Waals surface area contributed by atoms with Crippen LogP contribution in [0.15, 0.2) is 18.2 Å². The maximum atomic E-state index is 11.9. The molecule has 0 saturated heterocycles. The zero-order valence-corrected chi connectivity index (χ0v) is 8.06. The molecule has 15 heavy (non-hydrogen) atoms. The van der Waals surface area contributed by atoms with Crippen molar-refractivity contribution in [1.29, 1.82) is 5.26 Å². The highest BCUT2D eigenvalue weighted by molar-refractivity contribution is 6.17. The summed E-state index contributed by atoms with van der Waals surface area (Å²) in [4.78, 5) is 0. The predicted molar refractivity (Wildman–Crippen MR) is 47.4 cm³/mol. The van der Waals surface area contributed by atoms with Crippen LogP contribution in [-0.2, 0) is 5.88 Å². The van der Waals surface area contributed by atoms with Crippen molar-refractivity contribution in [3.8, 4) is 11.8 Å². The maximum absolute atomic E-state index is 11.9. The molecule has 2 nitrogen and oxygen atoms in total. The van der Waals surface area contributed by atoms with E-state index in [2.05, 4.69) is 4.74 Å². The largest absolute Gasteiger partial charge is 0.573 e. The molecule has 0 aliphatic heterocycles. The Labute approximate surface area is 88.8 Å². The monoisotopic (exact) mass is 235 g/mol. The Bertz CT molecular complexity index is 397. The van der Waals surface area contributed by atoms with Crippen LogP contribution in [0.25, 0.3) is 0 Å². The molecular formula is C9H5ClF3NO. The molecule has 0 spiro atoms. The van der Waals surface area contributed by atoms with Crippen molar-refractivity contribution in [2.24, 2.45) is 0 Å². The first kappa shape index (κ1) is 11.7. The number of nitrogens with zero attached hydrogens (tertiary/aromatic N) is 1. The minimum atomic E-state index is -4.78. The molecule has 0 heterocycles. The Morgan fingerprint density at radius 2 is 2.07 bits per heavy atom. The van der Waals surface area contributed by atoms with E-state index < -0.39 is 12.1 Å². The normalized spacial score (nSPS) is 10.9. The van der Waals surface area contributed by atoms with Gasteiger partial charge in [0.05, 0.1) is 17.5 Å². The zero-order valence-electron chi connectivity index (χ0n) is 7.31. The minimum absolute atomic E-state index is 0.0407. The number of halogens is 4. The van der Waals surface area contributed by atoms with Crippen molar-refractivity contribution < 1.29 is 17.9 Å². The molecular weight excluding hydrogens is 231 g/mol. The van der Waals surface area contributed by atoms with Crippen LogP contribution >= 0.6 is 11.6 Å². The zero-order chi connectivity index (χ0) is 11.5. The number of rotatable bonds is 2. The lowest BCUT2D eigenvalue weighted by Gasteiger charge is -2.12. The first-order valence-corrected chi connectivity index (χ1v) is 4.35. The maximum Gasteiger partial charge on any atom is 0.573 e. The second kappa shape index (κ2) is 4.41. The molecule has 0 amide bonds. The molecule has 0 aromatic heterocycles. The molecule has 0 aliphatic carbocycles. The summed E-state index contributed by atoms with van der Waals surface area (Å²) in [6.07, 6.45) is -4.78. The predicted octanol–water partition coefficient (Wildman–Crippen LogP) is 3.20. The van der Waals surface area contributed by atoms with E-state index in [4.69, 9.17) is 16.9 Å². The number of nitriles is 1. The van der Waals surface area contributed by atoms with Crippen molar-refractivity contribution in [3.05, 3.63) is 29.3 Å². The summed E-state index contributed by atoms with van der Waals surface area (Å²) < 4.78 is 39.6. The summed E-state index contributed by atoms with van der Waals surface area (Å²) in [6.45, 7) is 0. The van der Waals surface area contributed by atoms with Crippen molar-refractivity contribution in [2.75, 3.05) is 0 Å². The second-order valence-corrected chi connectivity index (χ2v) is 2.84. The van der Waals surface area contributed by atoms with E-state index in [-0.39, 0.29) is 17.0 Å². The van der Waals surface area contributed by atoms with Crippen LogP contribution < -0.4 is 4.74 Å². The fourth-order valence-corrected chi connectivity index (χ4v) is 1.30. The first-order chi connectivity index (χ1) is 6.98. The molecule has 0 fully saturated rings. The van der Waals surface area contributed by atoms with Gasteiger partial charge in [-0.3, -0.25) is 0 Å². The Balaban J connectivity index is 3.14. The smallest absolute Gasteiger partial charge is 0.405 e. The standard InChI is InChI=1S/C9H5ClF3NO/c10-4-7-6(5-14)2-1-3-8(7)15-9(11,12)13/h1-3H,4H2. The fourth-order valence-electron chi connectivity index (χ4n) is 1.03. The van der Waals surface area contributed by atoms with Crippen LogP contribution in [0.5, 0.6) is 5.75 Å². The van der Waals surface area contributed by atoms with Crippen molar-refractivity contribution in [2.45, 2.75) is 12.2 Å². The van der Waals surface area contributed by atoms with Crippen LogP contribution in [-0.4, -0.2) is 6.36 Å². The lowest BCUT2D eigenvalue weighted by molar-refractivity contribution is -0.274. The average Bonchev–Trinajstić information content (AvgIpc) is 2.15. The van der Waals surface area contributed by atoms with Gasteiger partial charge in [-0.1, -0.05) is 6.07 Å². The van der Waals surface area contributed by atoms with E-state index in [1.54, 1.807) is 6.07 Å². The molecule has 0 atom stereocenters. The summed E-state index contributed by atoms with van der Waals surface area (Å²) in [6, 6.07) is 5.54. The number of hydrogen-bond donors (Lipinski definition) is 0. The third kappa shape index (κ3) is 3.03. The molecule has 0 aliphatic rings. The first-order valence-electron chi connectivity index (χ1n) is 3.81. The lowest BCUT2D eigenvalue weighted by atomic mass is 10.1. The highest BCUT2D eigenvalue weighted by atomic mass is 35.5. The van der Waals surface area contributed by atoms with E-state index in [0.29, 0.717) is 0 Å². The van der Waals surface area contributed by atoms with Crippen LogP contribution in [0, 0.1) is 11.3 Å². The quantitative estimate of drug-likeness (QED) is 0.738. The number of benzene rings is 1. The van der Waals surface area contributed by atoms with Gasteiger partial charge in [-0.15, -0.1) is 24.8 Å². The number of ether oxygens (including phenoxy) is 1. The molecule has 0 bridgehead atoms. The van der Waals surface area contributed by atoms with Crippen LogP contribution in [0.1, 0.15) is 11.1 Å². The Hall–Kier alpha value is -1.41. The third-order valence-corrected chi connectivity index (χ3v) is 1.88. The van der Waals surface area contributed by atoms with Gasteiger partial charge < -0.3 is 4.74 Å². The molecule has 1 rings (SSSR count). The van der Waals surface area contributed by atoms with Crippen molar-refractivity contribution in [1.82, 2.24) is 0 Å². The van der Waals surface area contributed by atoms with Gasteiger partial charge in [-0.05, 0) is 12.1 Å². The van der Waals surface area contributed by atoms with Crippen LogP contribution in [0.3, 0.4) is 0 Å². The van der Waals surface area contributed by atoms with Gasteiger partial charge in [0.1, 0.15) is 5.75 Å². The van der Waals surface area contributed by atoms with Crippen LogP contribution in [0.4, 0.5) is 13.2 Å². The molecule has 80 valence electrons. The molecule has 0 saturated carbocycles. The van der Waals surface area contributed by atoms with Gasteiger partial charge in [0, 0.05) is 5.56 Å². The summed E-state index contributed by atoms with van der Waals surface area (Å²) in [5.41, 5.74) is 0.116. The molecule has 0 unspecified atom stereocenters. The molecule has 0 N–H and O–H groups in total. The van der Waals surface area contributed by atoms with E-state index in [1.807, 2.05) is 0 Å². The summed E-state index contributed by atoms with van der Waals surface area (Å²) in [7, 11) is 0. The van der Waals surface area contributed by atoms with E-state index in [9.17, 15) is 13.2 Å². The van der Waals surface area contributed by atoms with Crippen LogP contribution in [0.2, 0.25) is 0 Å². The fraction of sp³-hybridized carbons (Fsp3) is 0.222. The Kier molecular flexibility index (Phi) is 3.43. The third-order valence-electron chi connectivity index (χ3n) is 1.61. The lowest BCUT2D eigenvalue weighted by Crippen LogP contribution is -2.18. The van der Waals surface area contributed by atoms with Gasteiger partial charge in [-0.2, -0.15) is 5.26 Å². The molecule has 6 heteroatoms. The second-order valence-electron chi connectivity index (χ2n) is 2.58. The Morgan fingerprint density at radius 1 is 1.40 bits per heavy atom. The SMILES string of the molecule is N#Cc1cccc(OC(F)(F)F)c1CCl. The molecule has 1 aromatic rings. The summed E-state index contributed by atoms with van der Waals surface area (Å²) in [5, 5.41) is 8.63. The summed E-state index contributed by atoms with van der Waals surface area (Å²) >= 11 is 5.45. The van der Waals surface area contributed by atoms with Crippen molar-refractivity contribution in [3.63, 3.8) is 0 Å². The van der Waals surface area contributed by atoms with Gasteiger partial charge in [0.25, 0.3) is 0 Å². The highest BCUT2D eigenvalue weighted by Crippen LogP contribution is 2.29. The van der Waals surface area contributed by atoms with E-state index >= 15 is 0 Å². The minimum Gasteiger partial charge on any atom is -0.405 e. The molecule has 1 aromatic carbocycles. The average molecular weight is 236 g/mol. The molecule has 0 radical (unpaired) electrons. The number of alkyl halides is 4. The topological polar surface area (TPSA) is 33.0 Å².